The average Bonchev–Trinajstić information content (AvgIpc) is 3.20. The Morgan fingerprint density at radius 1 is 0.829 bits per heavy atom. The SMILES string of the molecule is N#CC1(C#N)[C@@H](c2ccc(F)cc2)C(=NC2CCCCC2)N2c3ccccc3-c3ccccc3[C@@H]21. The van der Waals surface area contributed by atoms with Crippen LogP contribution in [0.2, 0.25) is 0 Å². The molecule has 0 amide bonds. The highest BCUT2D eigenvalue weighted by atomic mass is 19.1. The molecule has 0 spiro atoms. The van der Waals surface area contributed by atoms with Crippen LogP contribution in [0.5, 0.6) is 0 Å². The first kappa shape index (κ1) is 21.6. The van der Waals surface area contributed by atoms with Crippen LogP contribution in [0.4, 0.5) is 10.1 Å². The molecule has 0 bridgehead atoms. The molecular formula is C30H25FN4. The van der Waals surface area contributed by atoms with E-state index in [2.05, 4.69) is 35.2 Å². The van der Waals surface area contributed by atoms with Gasteiger partial charge in [0.2, 0.25) is 0 Å². The summed E-state index contributed by atoms with van der Waals surface area (Å²) in [6.45, 7) is 0. The molecule has 35 heavy (non-hydrogen) atoms. The molecule has 0 aromatic heterocycles. The van der Waals surface area contributed by atoms with E-state index < -0.39 is 17.4 Å². The third-order valence-corrected chi connectivity index (χ3v) is 7.82. The lowest BCUT2D eigenvalue weighted by Gasteiger charge is -2.38. The Bertz CT molecular complexity index is 1370. The number of anilines is 1. The molecule has 5 heteroatoms. The molecule has 2 heterocycles. The monoisotopic (exact) mass is 460 g/mol. The molecule has 3 aromatic rings. The summed E-state index contributed by atoms with van der Waals surface area (Å²) in [5.74, 6) is -0.187. The molecule has 1 aliphatic carbocycles. The second-order valence-electron chi connectivity index (χ2n) is 9.73. The van der Waals surface area contributed by atoms with E-state index in [1.165, 1.54) is 18.6 Å². The van der Waals surface area contributed by atoms with Gasteiger partial charge >= 0.3 is 0 Å². The number of hydrogen-bond donors (Lipinski definition) is 0. The molecular weight excluding hydrogens is 435 g/mol. The van der Waals surface area contributed by atoms with Crippen molar-refractivity contribution in [3.63, 3.8) is 0 Å². The highest BCUT2D eigenvalue weighted by molar-refractivity contribution is 6.11. The zero-order chi connectivity index (χ0) is 24.0. The van der Waals surface area contributed by atoms with E-state index in [9.17, 15) is 14.9 Å². The number of nitrogens with zero attached hydrogens (tertiary/aromatic N) is 4. The van der Waals surface area contributed by atoms with Gasteiger partial charge in [0.05, 0.1) is 35.8 Å². The molecule has 2 fully saturated rings. The summed E-state index contributed by atoms with van der Waals surface area (Å²) < 4.78 is 13.9. The number of hydrogen-bond acceptors (Lipinski definition) is 3. The Labute approximate surface area is 205 Å². The van der Waals surface area contributed by atoms with Crippen molar-refractivity contribution in [2.75, 3.05) is 4.90 Å². The first-order valence-electron chi connectivity index (χ1n) is 12.3. The van der Waals surface area contributed by atoms with Crippen LogP contribution < -0.4 is 4.90 Å². The van der Waals surface area contributed by atoms with E-state index in [-0.39, 0.29) is 11.9 Å². The Hall–Kier alpha value is -3.96. The van der Waals surface area contributed by atoms with Gasteiger partial charge in [0.25, 0.3) is 0 Å². The molecule has 172 valence electrons. The maximum absolute atomic E-state index is 13.9. The van der Waals surface area contributed by atoms with Crippen LogP contribution in [0.15, 0.2) is 77.8 Å². The van der Waals surface area contributed by atoms with Crippen LogP contribution in [-0.2, 0) is 0 Å². The summed E-state index contributed by atoms with van der Waals surface area (Å²) in [5.41, 5.74) is 3.35. The van der Waals surface area contributed by atoms with Crippen molar-refractivity contribution in [2.45, 2.75) is 50.1 Å². The molecule has 3 aromatic carbocycles. The molecule has 6 rings (SSSR count). The van der Waals surface area contributed by atoms with Crippen molar-refractivity contribution in [1.82, 2.24) is 0 Å². The molecule has 2 aliphatic heterocycles. The summed E-state index contributed by atoms with van der Waals surface area (Å²) in [6, 6.07) is 27.0. The van der Waals surface area contributed by atoms with Crippen LogP contribution in [-0.4, -0.2) is 11.9 Å². The standard InChI is InChI=1S/C30H25FN4/c31-21-16-14-20(15-17-21)27-29(34-22-8-2-1-3-9-22)35-26-13-7-6-11-24(26)23-10-4-5-12-25(23)28(35)30(27,18-32)19-33/h4-7,10-17,22,27-28H,1-3,8-9H2/t27-,28+/m0/s1. The zero-order valence-electron chi connectivity index (χ0n) is 19.4. The lowest BCUT2D eigenvalue weighted by atomic mass is 9.69. The summed E-state index contributed by atoms with van der Waals surface area (Å²) >= 11 is 0. The number of para-hydroxylation sites is 1. The average molecular weight is 461 g/mol. The van der Waals surface area contributed by atoms with E-state index in [1.807, 2.05) is 30.3 Å². The van der Waals surface area contributed by atoms with E-state index in [0.717, 1.165) is 59.5 Å². The van der Waals surface area contributed by atoms with Crippen LogP contribution >= 0.6 is 0 Å². The molecule has 0 radical (unpaired) electrons. The van der Waals surface area contributed by atoms with Crippen molar-refractivity contribution in [1.29, 1.82) is 10.5 Å². The van der Waals surface area contributed by atoms with Crippen molar-refractivity contribution >= 4 is 11.5 Å². The first-order valence-corrected chi connectivity index (χ1v) is 12.3. The van der Waals surface area contributed by atoms with Crippen LogP contribution in [0.3, 0.4) is 0 Å². The molecule has 0 unspecified atom stereocenters. The molecule has 0 N–H and O–H groups in total. The van der Waals surface area contributed by atoms with Gasteiger partial charge in [-0.25, -0.2) is 4.39 Å². The molecule has 3 aliphatic rings. The van der Waals surface area contributed by atoms with Gasteiger partial charge in [0, 0.05) is 5.56 Å². The van der Waals surface area contributed by atoms with Gasteiger partial charge < -0.3 is 4.90 Å². The maximum Gasteiger partial charge on any atom is 0.182 e. The molecule has 4 nitrogen and oxygen atoms in total. The van der Waals surface area contributed by atoms with Gasteiger partial charge in [-0.1, -0.05) is 73.9 Å². The van der Waals surface area contributed by atoms with Crippen LogP contribution in [0.1, 0.15) is 55.2 Å². The fraction of sp³-hybridized carbons (Fsp3) is 0.300. The number of fused-ring (bicyclic) bond motifs is 6. The topological polar surface area (TPSA) is 63.2 Å². The molecule has 1 saturated heterocycles. The minimum atomic E-state index is -1.42. The summed E-state index contributed by atoms with van der Waals surface area (Å²) in [7, 11) is 0. The smallest absolute Gasteiger partial charge is 0.182 e. The van der Waals surface area contributed by atoms with Gasteiger partial charge in [0.15, 0.2) is 5.41 Å². The zero-order valence-corrected chi connectivity index (χ0v) is 19.4. The first-order chi connectivity index (χ1) is 17.2. The second-order valence-corrected chi connectivity index (χ2v) is 9.73. The Balaban J connectivity index is 1.67. The van der Waals surface area contributed by atoms with Crippen molar-refractivity contribution in [3.05, 3.63) is 89.7 Å². The van der Waals surface area contributed by atoms with Gasteiger partial charge in [-0.3, -0.25) is 4.99 Å². The van der Waals surface area contributed by atoms with Crippen molar-refractivity contribution < 1.29 is 4.39 Å². The number of rotatable bonds is 2. The van der Waals surface area contributed by atoms with E-state index in [0.29, 0.717) is 0 Å². The minimum absolute atomic E-state index is 0.153. The Kier molecular flexibility index (Phi) is 5.15. The molecule has 2 atom stereocenters. The Morgan fingerprint density at radius 3 is 2.20 bits per heavy atom. The van der Waals surface area contributed by atoms with Gasteiger partial charge in [0.1, 0.15) is 11.7 Å². The predicted molar refractivity (Wildman–Crippen MR) is 134 cm³/mol. The quantitative estimate of drug-likeness (QED) is 0.417. The van der Waals surface area contributed by atoms with E-state index in [1.54, 1.807) is 12.1 Å². The summed E-state index contributed by atoms with van der Waals surface area (Å²) in [6.07, 6.45) is 5.48. The number of benzene rings is 3. The number of halogens is 1. The van der Waals surface area contributed by atoms with Crippen LogP contribution in [0, 0.1) is 33.9 Å². The lowest BCUT2D eigenvalue weighted by Crippen LogP contribution is -2.35. The number of aliphatic imine (C=N–C) groups is 1. The molecule has 1 saturated carbocycles. The maximum atomic E-state index is 13.9. The van der Waals surface area contributed by atoms with Gasteiger partial charge in [-0.15, -0.1) is 0 Å². The third kappa shape index (κ3) is 3.19. The minimum Gasteiger partial charge on any atom is -0.319 e. The Morgan fingerprint density at radius 2 is 1.49 bits per heavy atom. The highest BCUT2D eigenvalue weighted by Gasteiger charge is 2.62. The van der Waals surface area contributed by atoms with Crippen molar-refractivity contribution in [3.8, 4) is 23.3 Å². The fourth-order valence-corrected chi connectivity index (χ4v) is 6.25. The lowest BCUT2D eigenvalue weighted by molar-refractivity contribution is 0.433. The normalized spacial score (nSPS) is 23.6. The van der Waals surface area contributed by atoms with Gasteiger partial charge in [-0.05, 0) is 47.7 Å². The van der Waals surface area contributed by atoms with Crippen molar-refractivity contribution in [2.24, 2.45) is 10.4 Å². The van der Waals surface area contributed by atoms with Gasteiger partial charge in [-0.2, -0.15) is 10.5 Å². The van der Waals surface area contributed by atoms with E-state index in [4.69, 9.17) is 4.99 Å². The summed E-state index contributed by atoms with van der Waals surface area (Å²) in [4.78, 5) is 7.45. The predicted octanol–water partition coefficient (Wildman–Crippen LogP) is 6.92. The van der Waals surface area contributed by atoms with E-state index >= 15 is 0 Å². The number of nitriles is 2. The number of amidine groups is 1. The third-order valence-electron chi connectivity index (χ3n) is 7.82. The largest absolute Gasteiger partial charge is 0.319 e. The highest BCUT2D eigenvalue weighted by Crippen LogP contribution is 2.61. The second kappa shape index (κ2) is 8.36. The summed E-state index contributed by atoms with van der Waals surface area (Å²) in [5, 5.41) is 21.4. The fourth-order valence-electron chi connectivity index (χ4n) is 6.25. The van der Waals surface area contributed by atoms with Crippen LogP contribution in [0.25, 0.3) is 11.1 Å².